The highest BCUT2D eigenvalue weighted by molar-refractivity contribution is 7.80. The van der Waals surface area contributed by atoms with E-state index in [0.29, 0.717) is 5.11 Å². The van der Waals surface area contributed by atoms with Crippen molar-refractivity contribution in [1.29, 1.82) is 0 Å². The third-order valence-electron chi connectivity index (χ3n) is 2.61. The molecule has 3 nitrogen and oxygen atoms in total. The van der Waals surface area contributed by atoms with E-state index in [1.807, 2.05) is 60.8 Å². The van der Waals surface area contributed by atoms with Crippen molar-refractivity contribution in [2.45, 2.75) is 6.42 Å². The third-order valence-corrected chi connectivity index (χ3v) is 2.82. The number of hydrazine groups is 1. The normalized spacial score (nSPS) is 10.2. The summed E-state index contributed by atoms with van der Waals surface area (Å²) in [5.74, 6) is 0. The number of nitrogens with one attached hydrogen (secondary N) is 3. The minimum absolute atomic E-state index is 0.528. The molecule has 0 amide bonds. The zero-order valence-electron chi connectivity index (χ0n) is 11.0. The van der Waals surface area contributed by atoms with Gasteiger partial charge in [0.1, 0.15) is 0 Å². The lowest BCUT2D eigenvalue weighted by Crippen LogP contribution is -2.36. The number of thiocarbonyl (C=S) groups is 1. The Morgan fingerprint density at radius 1 is 0.950 bits per heavy atom. The molecule has 4 heteroatoms. The van der Waals surface area contributed by atoms with Crippen molar-refractivity contribution >= 4 is 23.0 Å². The summed E-state index contributed by atoms with van der Waals surface area (Å²) in [6.45, 7) is 0. The fraction of sp³-hybridized carbons (Fsp3) is 0.0625. The largest absolute Gasteiger partial charge is 0.331 e. The predicted octanol–water partition coefficient (Wildman–Crippen LogP) is 3.23. The van der Waals surface area contributed by atoms with E-state index >= 15 is 0 Å². The summed E-state index contributed by atoms with van der Waals surface area (Å²) in [6, 6.07) is 20.1. The molecule has 0 radical (unpaired) electrons. The summed E-state index contributed by atoms with van der Waals surface area (Å²) in [4.78, 5) is 0. The molecule has 0 unspecified atom stereocenters. The molecule has 20 heavy (non-hydrogen) atoms. The molecule has 2 rings (SSSR count). The van der Waals surface area contributed by atoms with Crippen molar-refractivity contribution in [1.82, 2.24) is 10.9 Å². The van der Waals surface area contributed by atoms with Gasteiger partial charge in [0.05, 0.1) is 0 Å². The van der Waals surface area contributed by atoms with Gasteiger partial charge in [-0.3, -0.25) is 5.43 Å². The first-order valence-corrected chi connectivity index (χ1v) is 6.82. The van der Waals surface area contributed by atoms with Crippen LogP contribution in [0.15, 0.2) is 72.9 Å². The van der Waals surface area contributed by atoms with Crippen LogP contribution in [0.3, 0.4) is 0 Å². The molecule has 3 N–H and O–H groups in total. The SMILES string of the molecule is S=C(NNC=CCc1ccccc1)Nc1ccccc1. The first-order valence-electron chi connectivity index (χ1n) is 6.41. The van der Waals surface area contributed by atoms with Crippen LogP contribution in [-0.4, -0.2) is 5.11 Å². The molecule has 0 aromatic heterocycles. The van der Waals surface area contributed by atoms with E-state index in [-0.39, 0.29) is 0 Å². The highest BCUT2D eigenvalue weighted by Crippen LogP contribution is 2.04. The van der Waals surface area contributed by atoms with Crippen molar-refractivity contribution in [3.8, 4) is 0 Å². The number of benzene rings is 2. The molecule has 0 saturated carbocycles. The molecule has 0 aliphatic rings. The second kappa shape index (κ2) is 7.96. The number of rotatable bonds is 5. The second-order valence-corrected chi connectivity index (χ2v) is 4.59. The van der Waals surface area contributed by atoms with Gasteiger partial charge in [-0.15, -0.1) is 0 Å². The van der Waals surface area contributed by atoms with Gasteiger partial charge in [0.25, 0.3) is 0 Å². The molecule has 0 saturated heterocycles. The number of allylic oxidation sites excluding steroid dienone is 1. The van der Waals surface area contributed by atoms with Crippen molar-refractivity contribution < 1.29 is 0 Å². The van der Waals surface area contributed by atoms with Crippen LogP contribution in [0.25, 0.3) is 0 Å². The number of hydrogen-bond acceptors (Lipinski definition) is 2. The van der Waals surface area contributed by atoms with Crippen molar-refractivity contribution in [2.75, 3.05) is 5.32 Å². The van der Waals surface area contributed by atoms with E-state index in [1.165, 1.54) is 5.56 Å². The van der Waals surface area contributed by atoms with Gasteiger partial charge in [0, 0.05) is 11.9 Å². The molecule has 0 heterocycles. The van der Waals surface area contributed by atoms with Crippen molar-refractivity contribution in [3.05, 3.63) is 78.5 Å². The quantitative estimate of drug-likeness (QED) is 0.581. The Hall–Kier alpha value is -2.33. The van der Waals surface area contributed by atoms with Crippen LogP contribution in [0.1, 0.15) is 5.56 Å². The van der Waals surface area contributed by atoms with Gasteiger partial charge in [-0.25, -0.2) is 0 Å². The maximum absolute atomic E-state index is 5.16. The van der Waals surface area contributed by atoms with Crippen LogP contribution in [0, 0.1) is 0 Å². The molecule has 102 valence electrons. The number of hydrogen-bond donors (Lipinski definition) is 3. The van der Waals surface area contributed by atoms with E-state index in [2.05, 4.69) is 28.3 Å². The lowest BCUT2D eigenvalue weighted by atomic mass is 10.1. The molecule has 0 spiro atoms. The summed E-state index contributed by atoms with van der Waals surface area (Å²) in [5, 5.41) is 3.60. The van der Waals surface area contributed by atoms with E-state index in [1.54, 1.807) is 0 Å². The molecule has 0 fully saturated rings. The molecular weight excluding hydrogens is 266 g/mol. The zero-order chi connectivity index (χ0) is 14.0. The molecule has 2 aromatic rings. The summed E-state index contributed by atoms with van der Waals surface area (Å²) in [6.07, 6.45) is 4.76. The van der Waals surface area contributed by atoms with Gasteiger partial charge in [-0.1, -0.05) is 54.6 Å². The third kappa shape index (κ3) is 5.12. The Bertz CT molecular complexity index is 552. The Kier molecular flexibility index (Phi) is 5.61. The van der Waals surface area contributed by atoms with Crippen LogP contribution in [0.4, 0.5) is 5.69 Å². The summed E-state index contributed by atoms with van der Waals surface area (Å²) in [7, 11) is 0. The first kappa shape index (κ1) is 14.1. The van der Waals surface area contributed by atoms with Gasteiger partial charge < -0.3 is 10.7 Å². The van der Waals surface area contributed by atoms with Gasteiger partial charge in [-0.05, 0) is 36.3 Å². The maximum atomic E-state index is 5.16. The van der Waals surface area contributed by atoms with Crippen LogP contribution in [0.2, 0.25) is 0 Å². The average molecular weight is 283 g/mol. The molecule has 0 bridgehead atoms. The van der Waals surface area contributed by atoms with Crippen molar-refractivity contribution in [3.63, 3.8) is 0 Å². The molecule has 2 aromatic carbocycles. The highest BCUT2D eigenvalue weighted by Gasteiger charge is 1.93. The Morgan fingerprint density at radius 3 is 2.30 bits per heavy atom. The van der Waals surface area contributed by atoms with E-state index in [0.717, 1.165) is 12.1 Å². The zero-order valence-corrected chi connectivity index (χ0v) is 11.9. The Labute approximate surface area is 124 Å². The highest BCUT2D eigenvalue weighted by atomic mass is 32.1. The molecule has 0 atom stereocenters. The van der Waals surface area contributed by atoms with Gasteiger partial charge in [0.2, 0.25) is 0 Å². The second-order valence-electron chi connectivity index (χ2n) is 4.18. The fourth-order valence-electron chi connectivity index (χ4n) is 1.66. The van der Waals surface area contributed by atoms with Gasteiger partial charge in [-0.2, -0.15) is 0 Å². The topological polar surface area (TPSA) is 36.1 Å². The lowest BCUT2D eigenvalue weighted by molar-refractivity contribution is 0.824. The number of para-hydroxylation sites is 1. The Balaban J connectivity index is 1.67. The van der Waals surface area contributed by atoms with Crippen LogP contribution < -0.4 is 16.2 Å². The smallest absolute Gasteiger partial charge is 0.189 e. The van der Waals surface area contributed by atoms with Crippen molar-refractivity contribution in [2.24, 2.45) is 0 Å². The first-order chi connectivity index (χ1) is 9.84. The van der Waals surface area contributed by atoms with E-state index < -0.39 is 0 Å². The van der Waals surface area contributed by atoms with Crippen LogP contribution in [-0.2, 0) is 6.42 Å². The minimum Gasteiger partial charge on any atom is -0.331 e. The standard InChI is InChI=1S/C16H17N3S/c20-16(18-15-11-5-2-6-12-15)19-17-13-7-10-14-8-3-1-4-9-14/h1-9,11-13,17H,10H2,(H2,18,19,20). The van der Waals surface area contributed by atoms with E-state index in [9.17, 15) is 0 Å². The number of anilines is 1. The molecule has 0 aliphatic heterocycles. The monoisotopic (exact) mass is 283 g/mol. The minimum atomic E-state index is 0.528. The van der Waals surface area contributed by atoms with Crippen LogP contribution >= 0.6 is 12.2 Å². The maximum Gasteiger partial charge on any atom is 0.189 e. The van der Waals surface area contributed by atoms with Gasteiger partial charge in [0.15, 0.2) is 5.11 Å². The summed E-state index contributed by atoms with van der Waals surface area (Å²) >= 11 is 5.16. The fourth-order valence-corrected chi connectivity index (χ4v) is 1.84. The van der Waals surface area contributed by atoms with Crippen LogP contribution in [0.5, 0.6) is 0 Å². The lowest BCUT2D eigenvalue weighted by Gasteiger charge is -2.09. The Morgan fingerprint density at radius 2 is 1.60 bits per heavy atom. The van der Waals surface area contributed by atoms with E-state index in [4.69, 9.17) is 12.2 Å². The molecule has 0 aliphatic carbocycles. The summed E-state index contributed by atoms with van der Waals surface area (Å²) < 4.78 is 0. The van der Waals surface area contributed by atoms with Gasteiger partial charge >= 0.3 is 0 Å². The average Bonchev–Trinajstić information content (AvgIpc) is 2.49. The molecular formula is C16H17N3S. The summed E-state index contributed by atoms with van der Waals surface area (Å²) in [5.41, 5.74) is 8.07. The predicted molar refractivity (Wildman–Crippen MR) is 88.2 cm³/mol.